The summed E-state index contributed by atoms with van der Waals surface area (Å²) in [5.74, 6) is -0.349. The summed E-state index contributed by atoms with van der Waals surface area (Å²) in [6.45, 7) is -1.99. The molecule has 1 saturated heterocycles. The number of benzene rings is 2. The molecule has 3 rings (SSSR count). The summed E-state index contributed by atoms with van der Waals surface area (Å²) in [5.41, 5.74) is 1.83. The fourth-order valence-electron chi connectivity index (χ4n) is 3.75. The number of alkyl halides is 2. The van der Waals surface area contributed by atoms with Gasteiger partial charge in [0.1, 0.15) is 0 Å². The van der Waals surface area contributed by atoms with E-state index in [2.05, 4.69) is 16.9 Å². The topological polar surface area (TPSA) is 65.1 Å². The maximum absolute atomic E-state index is 12.4. The van der Waals surface area contributed by atoms with Gasteiger partial charge in [-0.05, 0) is 54.5 Å². The minimum atomic E-state index is -2.97. The van der Waals surface area contributed by atoms with Gasteiger partial charge in [0.15, 0.2) is 18.1 Å². The van der Waals surface area contributed by atoms with Crippen LogP contribution in [0.25, 0.3) is 6.08 Å². The highest BCUT2D eigenvalue weighted by atomic mass is 19.3. The van der Waals surface area contributed by atoms with E-state index in [4.69, 9.17) is 9.47 Å². The first-order valence-electron chi connectivity index (χ1n) is 10.7. The summed E-state index contributed by atoms with van der Waals surface area (Å²) in [6.07, 6.45) is 5.45. The van der Waals surface area contributed by atoms with Crippen LogP contribution in [0.1, 0.15) is 24.0 Å². The second-order valence-electron chi connectivity index (χ2n) is 7.74. The molecule has 0 bridgehead atoms. The van der Waals surface area contributed by atoms with Crippen LogP contribution in [0.2, 0.25) is 0 Å². The molecule has 0 unspecified atom stereocenters. The van der Waals surface area contributed by atoms with Crippen molar-refractivity contribution < 1.29 is 32.6 Å². The largest absolute Gasteiger partial charge is 0.493 e. The number of ether oxygens (including phenoxy) is 3. The van der Waals surface area contributed by atoms with Crippen LogP contribution in [0.15, 0.2) is 54.6 Å². The monoisotopic (exact) mass is 459 g/mol. The maximum atomic E-state index is 12.4. The predicted molar refractivity (Wildman–Crippen MR) is 119 cm³/mol. The average molecular weight is 459 g/mol. The Bertz CT molecular complexity index is 957. The van der Waals surface area contributed by atoms with Crippen LogP contribution >= 0.6 is 0 Å². The van der Waals surface area contributed by atoms with E-state index >= 15 is 0 Å². The summed E-state index contributed by atoms with van der Waals surface area (Å²) in [5, 5.41) is 0. The Morgan fingerprint density at radius 2 is 1.82 bits per heavy atom. The molecule has 1 aliphatic heterocycles. The molecule has 1 aliphatic rings. The number of piperidine rings is 1. The lowest BCUT2D eigenvalue weighted by atomic mass is 9.90. The van der Waals surface area contributed by atoms with Crippen molar-refractivity contribution in [2.75, 3.05) is 26.8 Å². The Kier molecular flexibility index (Phi) is 8.80. The molecule has 0 spiro atoms. The van der Waals surface area contributed by atoms with Crippen molar-refractivity contribution in [2.45, 2.75) is 25.9 Å². The van der Waals surface area contributed by atoms with E-state index < -0.39 is 12.6 Å². The molecular formula is C25H27F2NO5. The molecule has 6 nitrogen and oxygen atoms in total. The zero-order valence-electron chi connectivity index (χ0n) is 18.4. The van der Waals surface area contributed by atoms with Crippen molar-refractivity contribution >= 4 is 18.0 Å². The van der Waals surface area contributed by atoms with Gasteiger partial charge >= 0.3 is 12.6 Å². The van der Waals surface area contributed by atoms with Gasteiger partial charge in [-0.3, -0.25) is 4.79 Å². The lowest BCUT2D eigenvalue weighted by molar-refractivity contribution is -0.148. The van der Waals surface area contributed by atoms with Gasteiger partial charge in [0.2, 0.25) is 0 Å². The molecule has 0 atom stereocenters. The Morgan fingerprint density at radius 3 is 2.48 bits per heavy atom. The second kappa shape index (κ2) is 12.0. The van der Waals surface area contributed by atoms with Crippen molar-refractivity contribution in [1.29, 1.82) is 0 Å². The van der Waals surface area contributed by atoms with Gasteiger partial charge in [-0.25, -0.2) is 4.79 Å². The average Bonchev–Trinajstić information content (AvgIpc) is 2.82. The molecule has 0 saturated carbocycles. The number of esters is 1. The number of amides is 1. The number of hydrogen-bond acceptors (Lipinski definition) is 5. The van der Waals surface area contributed by atoms with E-state index in [1.165, 1.54) is 43.0 Å². The van der Waals surface area contributed by atoms with Crippen molar-refractivity contribution in [3.8, 4) is 11.5 Å². The fourth-order valence-corrected chi connectivity index (χ4v) is 3.75. The first-order chi connectivity index (χ1) is 15.9. The Hall–Kier alpha value is -3.42. The molecule has 8 heteroatoms. The molecule has 1 amide bonds. The lowest BCUT2D eigenvalue weighted by Crippen LogP contribution is -2.41. The van der Waals surface area contributed by atoms with Crippen LogP contribution in [-0.4, -0.2) is 50.2 Å². The molecule has 2 aromatic carbocycles. The Balaban J connectivity index is 1.42. The fraction of sp³-hybridized carbons (Fsp3) is 0.360. The number of likely N-dealkylation sites (tertiary alicyclic amines) is 1. The summed E-state index contributed by atoms with van der Waals surface area (Å²) in [4.78, 5) is 26.1. The van der Waals surface area contributed by atoms with Crippen molar-refractivity contribution in [1.82, 2.24) is 4.90 Å². The van der Waals surface area contributed by atoms with E-state index in [1.54, 1.807) is 4.90 Å². The zero-order valence-corrected chi connectivity index (χ0v) is 18.4. The summed E-state index contributed by atoms with van der Waals surface area (Å²) in [6, 6.07) is 14.6. The van der Waals surface area contributed by atoms with Gasteiger partial charge < -0.3 is 19.1 Å². The smallest absolute Gasteiger partial charge is 0.387 e. The number of carbonyl (C=O) groups is 2. The highest BCUT2D eigenvalue weighted by Gasteiger charge is 2.23. The van der Waals surface area contributed by atoms with Crippen LogP contribution in [0, 0.1) is 5.92 Å². The highest BCUT2D eigenvalue weighted by molar-refractivity contribution is 5.89. The number of nitrogens with zero attached hydrogens (tertiary/aromatic N) is 1. The normalized spacial score (nSPS) is 14.5. The van der Waals surface area contributed by atoms with Crippen LogP contribution in [0.4, 0.5) is 8.78 Å². The standard InChI is InChI=1S/C25H27F2NO5/c1-31-22-16-19(7-9-21(22)33-25(26)27)8-10-24(30)32-17-23(29)28-13-11-20(12-14-28)15-18-5-3-2-4-6-18/h2-10,16,20,25H,11-15,17H2,1H3/b10-8+. The molecule has 0 aromatic heterocycles. The van der Waals surface area contributed by atoms with Crippen molar-refractivity contribution in [2.24, 2.45) is 5.92 Å². The number of hydrogen-bond donors (Lipinski definition) is 0. The third-order valence-electron chi connectivity index (χ3n) is 5.49. The number of methoxy groups -OCH3 is 1. The Morgan fingerprint density at radius 1 is 1.09 bits per heavy atom. The van der Waals surface area contributed by atoms with Gasteiger partial charge in [-0.1, -0.05) is 36.4 Å². The lowest BCUT2D eigenvalue weighted by Gasteiger charge is -2.32. The number of rotatable bonds is 9. The van der Waals surface area contributed by atoms with Gasteiger partial charge in [0.25, 0.3) is 5.91 Å². The number of halogens is 2. The quantitative estimate of drug-likeness (QED) is 0.413. The van der Waals surface area contributed by atoms with E-state index in [9.17, 15) is 18.4 Å². The molecular weight excluding hydrogens is 432 g/mol. The van der Waals surface area contributed by atoms with Gasteiger partial charge in [-0.15, -0.1) is 0 Å². The number of carbonyl (C=O) groups excluding carboxylic acids is 2. The zero-order chi connectivity index (χ0) is 23.6. The molecule has 176 valence electrons. The van der Waals surface area contributed by atoms with E-state index in [0.717, 1.165) is 19.3 Å². The summed E-state index contributed by atoms with van der Waals surface area (Å²) >= 11 is 0. The Labute approximate surface area is 191 Å². The van der Waals surface area contributed by atoms with Crippen molar-refractivity contribution in [3.63, 3.8) is 0 Å². The summed E-state index contributed by atoms with van der Waals surface area (Å²) in [7, 11) is 1.32. The maximum Gasteiger partial charge on any atom is 0.387 e. The SMILES string of the molecule is COc1cc(/C=C/C(=O)OCC(=O)N2CCC(Cc3ccccc3)CC2)ccc1OC(F)F. The van der Waals surface area contributed by atoms with Gasteiger partial charge in [0.05, 0.1) is 7.11 Å². The molecule has 1 fully saturated rings. The summed E-state index contributed by atoms with van der Waals surface area (Å²) < 4.78 is 39.2. The molecule has 33 heavy (non-hydrogen) atoms. The molecule has 1 heterocycles. The second-order valence-corrected chi connectivity index (χ2v) is 7.74. The van der Waals surface area contributed by atoms with E-state index in [0.29, 0.717) is 24.6 Å². The van der Waals surface area contributed by atoms with E-state index in [-0.39, 0.29) is 24.0 Å². The third kappa shape index (κ3) is 7.59. The highest BCUT2D eigenvalue weighted by Crippen LogP contribution is 2.30. The van der Waals surface area contributed by atoms with Crippen LogP contribution < -0.4 is 9.47 Å². The van der Waals surface area contributed by atoms with Gasteiger partial charge in [-0.2, -0.15) is 8.78 Å². The molecule has 0 aliphatic carbocycles. The van der Waals surface area contributed by atoms with Gasteiger partial charge in [0, 0.05) is 19.2 Å². The first kappa shape index (κ1) is 24.2. The minimum Gasteiger partial charge on any atom is -0.493 e. The van der Waals surface area contributed by atoms with Crippen LogP contribution in [-0.2, 0) is 20.7 Å². The predicted octanol–water partition coefficient (Wildman–Crippen LogP) is 4.33. The molecule has 0 N–H and O–H groups in total. The molecule has 2 aromatic rings. The first-order valence-corrected chi connectivity index (χ1v) is 10.7. The third-order valence-corrected chi connectivity index (χ3v) is 5.49. The van der Waals surface area contributed by atoms with Crippen molar-refractivity contribution in [3.05, 3.63) is 65.7 Å². The van der Waals surface area contributed by atoms with Crippen LogP contribution in [0.5, 0.6) is 11.5 Å². The van der Waals surface area contributed by atoms with Crippen LogP contribution in [0.3, 0.4) is 0 Å². The molecule has 0 radical (unpaired) electrons. The minimum absolute atomic E-state index is 0.106. The van der Waals surface area contributed by atoms with E-state index in [1.807, 2.05) is 18.2 Å².